The van der Waals surface area contributed by atoms with Crippen LogP contribution in [0.5, 0.6) is 0 Å². The number of benzene rings is 2. The van der Waals surface area contributed by atoms with E-state index in [0.717, 1.165) is 35.6 Å². The number of carbonyl (C=O) groups excluding carboxylic acids is 1. The maximum Gasteiger partial charge on any atom is 0.317 e. The highest BCUT2D eigenvalue weighted by Gasteiger charge is 2.22. The van der Waals surface area contributed by atoms with E-state index in [9.17, 15) is 4.79 Å². The Bertz CT molecular complexity index is 837. The summed E-state index contributed by atoms with van der Waals surface area (Å²) in [7, 11) is 0. The molecular formula is C20H22N4O2. The van der Waals surface area contributed by atoms with Crippen LogP contribution in [0.2, 0.25) is 0 Å². The summed E-state index contributed by atoms with van der Waals surface area (Å²) in [6.45, 7) is 4.29. The molecule has 0 atom stereocenters. The van der Waals surface area contributed by atoms with Gasteiger partial charge >= 0.3 is 6.03 Å². The molecule has 2 amide bonds. The molecule has 1 aliphatic rings. The van der Waals surface area contributed by atoms with Crippen LogP contribution in [0.25, 0.3) is 11.1 Å². The zero-order valence-electron chi connectivity index (χ0n) is 14.6. The molecule has 134 valence electrons. The topological polar surface area (TPSA) is 61.6 Å². The Balaban J connectivity index is 1.26. The number of oxazole rings is 1. The van der Waals surface area contributed by atoms with Crippen LogP contribution in [0.4, 0.5) is 4.79 Å². The van der Waals surface area contributed by atoms with Gasteiger partial charge in [0.05, 0.1) is 6.54 Å². The molecule has 1 aromatic heterocycles. The largest absolute Gasteiger partial charge is 0.439 e. The number of nitrogens with one attached hydrogen (secondary N) is 1. The number of rotatable bonds is 4. The van der Waals surface area contributed by atoms with Gasteiger partial charge in [0.15, 0.2) is 5.58 Å². The van der Waals surface area contributed by atoms with Crippen molar-refractivity contribution in [3.8, 4) is 0 Å². The summed E-state index contributed by atoms with van der Waals surface area (Å²) in [5.41, 5.74) is 2.82. The third kappa shape index (κ3) is 3.86. The van der Waals surface area contributed by atoms with E-state index in [1.807, 2.05) is 59.5 Å². The minimum absolute atomic E-state index is 0.00429. The van der Waals surface area contributed by atoms with Gasteiger partial charge in [-0.15, -0.1) is 0 Å². The average molecular weight is 350 g/mol. The summed E-state index contributed by atoms with van der Waals surface area (Å²) in [6, 6.07) is 17.7. The third-order valence-corrected chi connectivity index (χ3v) is 4.64. The SMILES string of the molecule is O=C(NCc1ccccc1)N1CCN(Cc2nc3ccccc3o2)CC1. The Morgan fingerprint density at radius 3 is 2.50 bits per heavy atom. The Kier molecular flexibility index (Phi) is 4.84. The van der Waals surface area contributed by atoms with Gasteiger partial charge in [-0.2, -0.15) is 0 Å². The van der Waals surface area contributed by atoms with E-state index in [2.05, 4.69) is 15.2 Å². The van der Waals surface area contributed by atoms with Crippen LogP contribution >= 0.6 is 0 Å². The zero-order chi connectivity index (χ0) is 17.8. The van der Waals surface area contributed by atoms with E-state index in [4.69, 9.17) is 4.42 Å². The quantitative estimate of drug-likeness (QED) is 0.786. The molecule has 3 aromatic rings. The van der Waals surface area contributed by atoms with Crippen molar-refractivity contribution in [2.24, 2.45) is 0 Å². The van der Waals surface area contributed by atoms with Gasteiger partial charge in [-0.1, -0.05) is 42.5 Å². The lowest BCUT2D eigenvalue weighted by molar-refractivity contribution is 0.129. The molecule has 0 radical (unpaired) electrons. The summed E-state index contributed by atoms with van der Waals surface area (Å²) in [5.74, 6) is 0.730. The number of urea groups is 1. The Hall–Kier alpha value is -2.86. The smallest absolute Gasteiger partial charge is 0.317 e. The van der Waals surface area contributed by atoms with Crippen molar-refractivity contribution in [3.63, 3.8) is 0 Å². The maximum absolute atomic E-state index is 12.3. The lowest BCUT2D eigenvalue weighted by Gasteiger charge is -2.34. The zero-order valence-corrected chi connectivity index (χ0v) is 14.6. The number of carbonyl (C=O) groups is 1. The fraction of sp³-hybridized carbons (Fsp3) is 0.300. The minimum Gasteiger partial charge on any atom is -0.439 e. The molecular weight excluding hydrogens is 328 g/mol. The van der Waals surface area contributed by atoms with Crippen LogP contribution in [-0.4, -0.2) is 47.0 Å². The van der Waals surface area contributed by atoms with Crippen molar-refractivity contribution < 1.29 is 9.21 Å². The van der Waals surface area contributed by atoms with Gasteiger partial charge in [0.1, 0.15) is 5.52 Å². The first kappa shape index (κ1) is 16.6. The van der Waals surface area contributed by atoms with Crippen LogP contribution in [0, 0.1) is 0 Å². The van der Waals surface area contributed by atoms with Gasteiger partial charge in [-0.05, 0) is 17.7 Å². The van der Waals surface area contributed by atoms with E-state index in [0.29, 0.717) is 26.2 Å². The fourth-order valence-electron chi connectivity index (χ4n) is 3.17. The van der Waals surface area contributed by atoms with Crippen LogP contribution in [-0.2, 0) is 13.1 Å². The van der Waals surface area contributed by atoms with Crippen molar-refractivity contribution in [2.45, 2.75) is 13.1 Å². The monoisotopic (exact) mass is 350 g/mol. The number of hydrogen-bond acceptors (Lipinski definition) is 4. The van der Waals surface area contributed by atoms with Gasteiger partial charge in [0, 0.05) is 32.7 Å². The van der Waals surface area contributed by atoms with Gasteiger partial charge < -0.3 is 14.6 Å². The lowest BCUT2D eigenvalue weighted by atomic mass is 10.2. The van der Waals surface area contributed by atoms with Crippen molar-refractivity contribution in [2.75, 3.05) is 26.2 Å². The number of nitrogens with zero attached hydrogens (tertiary/aromatic N) is 3. The number of piperazine rings is 1. The first-order valence-electron chi connectivity index (χ1n) is 8.91. The number of amides is 2. The summed E-state index contributed by atoms with van der Waals surface area (Å²) >= 11 is 0. The Morgan fingerprint density at radius 1 is 1.00 bits per heavy atom. The van der Waals surface area contributed by atoms with Gasteiger partial charge in [-0.25, -0.2) is 9.78 Å². The molecule has 26 heavy (non-hydrogen) atoms. The van der Waals surface area contributed by atoms with E-state index >= 15 is 0 Å². The van der Waals surface area contributed by atoms with E-state index in [1.165, 1.54) is 0 Å². The lowest BCUT2D eigenvalue weighted by Crippen LogP contribution is -2.51. The molecule has 6 heteroatoms. The van der Waals surface area contributed by atoms with Gasteiger partial charge in [-0.3, -0.25) is 4.90 Å². The van der Waals surface area contributed by atoms with Crippen molar-refractivity contribution in [1.29, 1.82) is 0 Å². The second-order valence-corrected chi connectivity index (χ2v) is 6.48. The number of para-hydroxylation sites is 2. The molecule has 1 saturated heterocycles. The van der Waals surface area contributed by atoms with Crippen LogP contribution in [0.1, 0.15) is 11.5 Å². The molecule has 1 N–H and O–H groups in total. The Morgan fingerprint density at radius 2 is 1.73 bits per heavy atom. The molecule has 0 bridgehead atoms. The van der Waals surface area contributed by atoms with Gasteiger partial charge in [0.2, 0.25) is 5.89 Å². The fourth-order valence-corrected chi connectivity index (χ4v) is 3.17. The second-order valence-electron chi connectivity index (χ2n) is 6.48. The molecule has 4 rings (SSSR count). The summed E-state index contributed by atoms with van der Waals surface area (Å²) in [6.07, 6.45) is 0. The normalized spacial score (nSPS) is 15.3. The second kappa shape index (κ2) is 7.58. The molecule has 0 saturated carbocycles. The van der Waals surface area contributed by atoms with Crippen LogP contribution in [0.15, 0.2) is 59.0 Å². The third-order valence-electron chi connectivity index (χ3n) is 4.64. The highest BCUT2D eigenvalue weighted by atomic mass is 16.3. The predicted octanol–water partition coefficient (Wildman–Crippen LogP) is 2.86. The van der Waals surface area contributed by atoms with E-state index in [-0.39, 0.29) is 6.03 Å². The standard InChI is InChI=1S/C20H22N4O2/c25-20(21-14-16-6-2-1-3-7-16)24-12-10-23(11-13-24)15-19-22-17-8-4-5-9-18(17)26-19/h1-9H,10-15H2,(H,21,25). The molecule has 0 spiro atoms. The highest BCUT2D eigenvalue weighted by molar-refractivity contribution is 5.74. The number of fused-ring (bicyclic) bond motifs is 1. The minimum atomic E-state index is -0.00429. The Labute approximate surface area is 152 Å². The van der Waals surface area contributed by atoms with E-state index < -0.39 is 0 Å². The highest BCUT2D eigenvalue weighted by Crippen LogP contribution is 2.16. The summed E-state index contributed by atoms with van der Waals surface area (Å²) in [5, 5.41) is 2.99. The number of aromatic nitrogens is 1. The predicted molar refractivity (Wildman–Crippen MR) is 99.5 cm³/mol. The first-order chi connectivity index (χ1) is 12.8. The van der Waals surface area contributed by atoms with Crippen molar-refractivity contribution in [1.82, 2.24) is 20.1 Å². The van der Waals surface area contributed by atoms with Crippen LogP contribution < -0.4 is 5.32 Å². The summed E-state index contributed by atoms with van der Waals surface area (Å²) in [4.78, 5) is 21.0. The van der Waals surface area contributed by atoms with Crippen molar-refractivity contribution in [3.05, 3.63) is 66.1 Å². The molecule has 0 aliphatic carbocycles. The molecule has 6 nitrogen and oxygen atoms in total. The molecule has 2 heterocycles. The maximum atomic E-state index is 12.3. The molecule has 0 unspecified atom stereocenters. The van der Waals surface area contributed by atoms with Gasteiger partial charge in [0.25, 0.3) is 0 Å². The molecule has 1 fully saturated rings. The number of hydrogen-bond donors (Lipinski definition) is 1. The molecule has 1 aliphatic heterocycles. The molecule has 2 aromatic carbocycles. The van der Waals surface area contributed by atoms with E-state index in [1.54, 1.807) is 0 Å². The first-order valence-corrected chi connectivity index (χ1v) is 8.91. The van der Waals surface area contributed by atoms with Crippen LogP contribution in [0.3, 0.4) is 0 Å². The summed E-state index contributed by atoms with van der Waals surface area (Å²) < 4.78 is 5.79. The average Bonchev–Trinajstić information content (AvgIpc) is 3.10. The van der Waals surface area contributed by atoms with Crippen molar-refractivity contribution >= 4 is 17.1 Å².